The fraction of sp³-hybridized carbons (Fsp3) is 0.0909. The van der Waals surface area contributed by atoms with Gasteiger partial charge in [0.2, 0.25) is 5.75 Å². The minimum absolute atomic E-state index is 0.102. The van der Waals surface area contributed by atoms with Gasteiger partial charge in [-0.05, 0) is 17.5 Å². The fourth-order valence-electron chi connectivity index (χ4n) is 1.63. The Balaban J connectivity index is 2.91. The molecule has 16 heavy (non-hydrogen) atoms. The molecule has 0 amide bonds. The molecule has 0 fully saturated rings. The normalized spacial score (nSPS) is 10.3. The molecule has 0 bridgehead atoms. The van der Waals surface area contributed by atoms with Crippen molar-refractivity contribution in [3.63, 3.8) is 0 Å². The summed E-state index contributed by atoms with van der Waals surface area (Å²) in [6.45, 7) is 0. The quantitative estimate of drug-likeness (QED) is 0.622. The SMILES string of the molecule is COc1cc2ccccc2c([N+](=O)[O-])c1O. The van der Waals surface area contributed by atoms with Crippen LogP contribution in [0.3, 0.4) is 0 Å². The van der Waals surface area contributed by atoms with Crippen molar-refractivity contribution in [3.05, 3.63) is 40.4 Å². The molecule has 2 aromatic rings. The van der Waals surface area contributed by atoms with Gasteiger partial charge in [0.25, 0.3) is 0 Å². The minimum atomic E-state index is -0.611. The van der Waals surface area contributed by atoms with Gasteiger partial charge in [-0.2, -0.15) is 0 Å². The average Bonchev–Trinajstić information content (AvgIpc) is 2.27. The number of phenols is 1. The van der Waals surface area contributed by atoms with E-state index in [9.17, 15) is 15.2 Å². The highest BCUT2D eigenvalue weighted by Gasteiger charge is 2.22. The van der Waals surface area contributed by atoms with E-state index in [2.05, 4.69) is 0 Å². The van der Waals surface area contributed by atoms with Crippen molar-refractivity contribution in [2.75, 3.05) is 7.11 Å². The van der Waals surface area contributed by atoms with Gasteiger partial charge >= 0.3 is 5.69 Å². The molecule has 0 unspecified atom stereocenters. The summed E-state index contributed by atoms with van der Waals surface area (Å²) in [6.07, 6.45) is 0. The number of nitro benzene ring substituents is 1. The molecule has 0 heterocycles. The van der Waals surface area contributed by atoms with Crippen molar-refractivity contribution < 1.29 is 14.8 Å². The van der Waals surface area contributed by atoms with Crippen molar-refractivity contribution >= 4 is 16.5 Å². The Morgan fingerprint density at radius 2 is 2.06 bits per heavy atom. The van der Waals surface area contributed by atoms with E-state index in [0.717, 1.165) is 0 Å². The van der Waals surface area contributed by atoms with Gasteiger partial charge in [-0.25, -0.2) is 0 Å². The average molecular weight is 219 g/mol. The van der Waals surface area contributed by atoms with Crippen molar-refractivity contribution in [2.45, 2.75) is 0 Å². The number of hydrogen-bond donors (Lipinski definition) is 1. The first-order valence-corrected chi connectivity index (χ1v) is 4.58. The summed E-state index contributed by atoms with van der Waals surface area (Å²) in [4.78, 5) is 10.3. The van der Waals surface area contributed by atoms with Crippen LogP contribution in [0.1, 0.15) is 0 Å². The summed E-state index contributed by atoms with van der Waals surface area (Å²) in [7, 11) is 1.35. The van der Waals surface area contributed by atoms with Gasteiger partial charge in [-0.15, -0.1) is 0 Å². The Kier molecular flexibility index (Phi) is 2.36. The molecule has 0 saturated carbocycles. The van der Waals surface area contributed by atoms with Crippen LogP contribution >= 0.6 is 0 Å². The number of nitrogens with zero attached hydrogens (tertiary/aromatic N) is 1. The number of methoxy groups -OCH3 is 1. The third kappa shape index (κ3) is 1.42. The van der Waals surface area contributed by atoms with Gasteiger partial charge in [0, 0.05) is 0 Å². The molecule has 82 valence electrons. The molecule has 0 aliphatic heterocycles. The number of hydrogen-bond acceptors (Lipinski definition) is 4. The van der Waals surface area contributed by atoms with Crippen LogP contribution in [0, 0.1) is 10.1 Å². The van der Waals surface area contributed by atoms with Gasteiger partial charge in [0.05, 0.1) is 17.4 Å². The zero-order chi connectivity index (χ0) is 11.7. The first kappa shape index (κ1) is 10.2. The predicted molar refractivity (Wildman–Crippen MR) is 58.8 cm³/mol. The number of phenolic OH excluding ortho intramolecular Hbond substituents is 1. The molecule has 0 aliphatic carbocycles. The van der Waals surface area contributed by atoms with E-state index < -0.39 is 10.7 Å². The van der Waals surface area contributed by atoms with E-state index >= 15 is 0 Å². The van der Waals surface area contributed by atoms with Crippen LogP contribution in [0.2, 0.25) is 0 Å². The van der Waals surface area contributed by atoms with Gasteiger partial charge in [0.1, 0.15) is 0 Å². The van der Waals surface area contributed by atoms with Crippen LogP contribution in [0.5, 0.6) is 11.5 Å². The Bertz CT molecular complexity index is 565. The maximum atomic E-state index is 10.9. The molecule has 0 aromatic heterocycles. The molecule has 1 N–H and O–H groups in total. The van der Waals surface area contributed by atoms with Gasteiger partial charge in [0.15, 0.2) is 5.75 Å². The van der Waals surface area contributed by atoms with Crippen molar-refractivity contribution in [1.82, 2.24) is 0 Å². The topological polar surface area (TPSA) is 72.6 Å². The largest absolute Gasteiger partial charge is 0.499 e. The number of benzene rings is 2. The highest BCUT2D eigenvalue weighted by atomic mass is 16.6. The maximum absolute atomic E-state index is 10.9. The summed E-state index contributed by atoms with van der Waals surface area (Å²) in [5, 5.41) is 21.6. The first-order chi connectivity index (χ1) is 7.65. The van der Waals surface area contributed by atoms with Crippen molar-refractivity contribution in [3.8, 4) is 11.5 Å². The lowest BCUT2D eigenvalue weighted by Gasteiger charge is -2.06. The van der Waals surface area contributed by atoms with E-state index in [4.69, 9.17) is 4.74 Å². The van der Waals surface area contributed by atoms with Crippen molar-refractivity contribution in [2.24, 2.45) is 0 Å². The zero-order valence-electron chi connectivity index (χ0n) is 8.51. The van der Waals surface area contributed by atoms with Gasteiger partial charge < -0.3 is 9.84 Å². The molecule has 5 heteroatoms. The summed E-state index contributed by atoms with van der Waals surface area (Å²) in [5.74, 6) is -0.336. The van der Waals surface area contributed by atoms with E-state index in [1.165, 1.54) is 7.11 Å². The maximum Gasteiger partial charge on any atom is 0.322 e. The van der Waals surface area contributed by atoms with Crippen LogP contribution in [0.4, 0.5) is 5.69 Å². The van der Waals surface area contributed by atoms with Gasteiger partial charge in [-0.3, -0.25) is 10.1 Å². The zero-order valence-corrected chi connectivity index (χ0v) is 8.51. The number of ether oxygens (including phenoxy) is 1. The summed E-state index contributed by atoms with van der Waals surface area (Å²) < 4.78 is 4.89. The van der Waals surface area contributed by atoms with Crippen LogP contribution < -0.4 is 4.74 Å². The number of aromatic hydroxyl groups is 1. The molecule has 0 saturated heterocycles. The smallest absolute Gasteiger partial charge is 0.322 e. The van der Waals surface area contributed by atoms with E-state index in [1.807, 2.05) is 0 Å². The molecular weight excluding hydrogens is 210 g/mol. The second kappa shape index (κ2) is 3.69. The Hall–Kier alpha value is -2.30. The number of rotatable bonds is 2. The molecule has 0 spiro atoms. The third-order valence-electron chi connectivity index (χ3n) is 2.36. The van der Waals surface area contributed by atoms with E-state index in [0.29, 0.717) is 10.8 Å². The minimum Gasteiger partial charge on any atom is -0.499 e. The first-order valence-electron chi connectivity index (χ1n) is 4.58. The van der Waals surface area contributed by atoms with Crippen LogP contribution in [0.15, 0.2) is 30.3 Å². The Morgan fingerprint density at radius 1 is 1.38 bits per heavy atom. The van der Waals surface area contributed by atoms with Crippen molar-refractivity contribution in [1.29, 1.82) is 0 Å². The van der Waals surface area contributed by atoms with Gasteiger partial charge in [-0.1, -0.05) is 18.2 Å². The second-order valence-corrected chi connectivity index (χ2v) is 3.25. The highest BCUT2D eigenvalue weighted by Crippen LogP contribution is 2.41. The molecule has 0 radical (unpaired) electrons. The molecular formula is C11H9NO4. The predicted octanol–water partition coefficient (Wildman–Crippen LogP) is 2.46. The lowest BCUT2D eigenvalue weighted by molar-refractivity contribution is -0.384. The lowest BCUT2D eigenvalue weighted by atomic mass is 10.1. The molecule has 2 aromatic carbocycles. The fourth-order valence-corrected chi connectivity index (χ4v) is 1.63. The van der Waals surface area contributed by atoms with E-state index in [1.54, 1.807) is 30.3 Å². The summed E-state index contributed by atoms with van der Waals surface area (Å²) in [6, 6.07) is 8.33. The Labute approximate surface area is 91.0 Å². The standard InChI is InChI=1S/C11H9NO4/c1-16-9-6-7-4-2-3-5-8(7)10(11(9)13)12(14)15/h2-6,13H,1H3. The summed E-state index contributed by atoms with van der Waals surface area (Å²) >= 11 is 0. The molecule has 2 rings (SSSR count). The highest BCUT2D eigenvalue weighted by molar-refractivity contribution is 5.95. The molecule has 0 aliphatic rings. The van der Waals surface area contributed by atoms with E-state index in [-0.39, 0.29) is 11.4 Å². The summed E-state index contributed by atoms with van der Waals surface area (Å²) in [5.41, 5.74) is -0.324. The molecule has 5 nitrogen and oxygen atoms in total. The van der Waals surface area contributed by atoms with Crippen LogP contribution in [-0.2, 0) is 0 Å². The van der Waals surface area contributed by atoms with Crippen LogP contribution in [0.25, 0.3) is 10.8 Å². The third-order valence-corrected chi connectivity index (χ3v) is 2.36. The second-order valence-electron chi connectivity index (χ2n) is 3.25. The lowest BCUT2D eigenvalue weighted by Crippen LogP contribution is -1.93. The number of nitro groups is 1. The molecule has 0 atom stereocenters. The monoisotopic (exact) mass is 219 g/mol. The Morgan fingerprint density at radius 3 is 2.69 bits per heavy atom. The number of fused-ring (bicyclic) bond motifs is 1. The van der Waals surface area contributed by atoms with Crippen LogP contribution in [-0.4, -0.2) is 17.1 Å².